The molecule has 0 amide bonds. The highest BCUT2D eigenvalue weighted by molar-refractivity contribution is 5.45. The summed E-state index contributed by atoms with van der Waals surface area (Å²) in [7, 11) is 0. The SMILES string of the molecule is C[C@H]1C[C@@H](c2nc(-c3cnccn3)no2)CCN1. The van der Waals surface area contributed by atoms with Crippen molar-refractivity contribution in [1.82, 2.24) is 25.4 Å². The minimum absolute atomic E-state index is 0.346. The summed E-state index contributed by atoms with van der Waals surface area (Å²) in [6, 6.07) is 0.496. The molecule has 0 aliphatic carbocycles. The molecule has 1 fully saturated rings. The van der Waals surface area contributed by atoms with Gasteiger partial charge in [-0.2, -0.15) is 4.98 Å². The summed E-state index contributed by atoms with van der Waals surface area (Å²) < 4.78 is 5.35. The monoisotopic (exact) mass is 245 g/mol. The lowest BCUT2D eigenvalue weighted by atomic mass is 9.93. The number of hydrogen-bond acceptors (Lipinski definition) is 6. The van der Waals surface area contributed by atoms with Crippen LogP contribution in [0.25, 0.3) is 11.5 Å². The normalized spacial score (nSPS) is 24.1. The van der Waals surface area contributed by atoms with Crippen molar-refractivity contribution in [3.63, 3.8) is 0 Å². The minimum atomic E-state index is 0.346. The van der Waals surface area contributed by atoms with E-state index in [1.807, 2.05) is 0 Å². The van der Waals surface area contributed by atoms with E-state index in [4.69, 9.17) is 4.52 Å². The van der Waals surface area contributed by atoms with Crippen molar-refractivity contribution in [2.75, 3.05) is 6.54 Å². The molecule has 2 atom stereocenters. The maximum absolute atomic E-state index is 5.35. The topological polar surface area (TPSA) is 76.7 Å². The van der Waals surface area contributed by atoms with Gasteiger partial charge in [-0.25, -0.2) is 4.98 Å². The van der Waals surface area contributed by atoms with E-state index in [9.17, 15) is 0 Å². The van der Waals surface area contributed by atoms with Crippen LogP contribution in [0.1, 0.15) is 31.6 Å². The van der Waals surface area contributed by atoms with Crippen LogP contribution in [0.5, 0.6) is 0 Å². The molecule has 0 spiro atoms. The molecule has 0 aromatic carbocycles. The highest BCUT2D eigenvalue weighted by atomic mass is 16.5. The van der Waals surface area contributed by atoms with Gasteiger partial charge in [0, 0.05) is 24.4 Å². The lowest BCUT2D eigenvalue weighted by Gasteiger charge is -2.25. The Morgan fingerprint density at radius 1 is 1.39 bits per heavy atom. The first-order valence-corrected chi connectivity index (χ1v) is 6.16. The van der Waals surface area contributed by atoms with Crippen molar-refractivity contribution in [1.29, 1.82) is 0 Å². The Balaban J connectivity index is 1.81. The van der Waals surface area contributed by atoms with Crippen LogP contribution >= 0.6 is 0 Å². The van der Waals surface area contributed by atoms with Gasteiger partial charge in [0.1, 0.15) is 5.69 Å². The summed E-state index contributed by atoms with van der Waals surface area (Å²) in [6.07, 6.45) is 6.95. The molecule has 1 N–H and O–H groups in total. The lowest BCUT2D eigenvalue weighted by molar-refractivity contribution is 0.295. The molecule has 0 bridgehead atoms. The van der Waals surface area contributed by atoms with Crippen LogP contribution < -0.4 is 5.32 Å². The zero-order valence-corrected chi connectivity index (χ0v) is 10.2. The summed E-state index contributed by atoms with van der Waals surface area (Å²) in [5.74, 6) is 1.58. The van der Waals surface area contributed by atoms with E-state index in [1.165, 1.54) is 0 Å². The largest absolute Gasteiger partial charge is 0.339 e. The van der Waals surface area contributed by atoms with Crippen LogP contribution in [0, 0.1) is 0 Å². The Morgan fingerprint density at radius 3 is 3.11 bits per heavy atom. The van der Waals surface area contributed by atoms with E-state index in [0.717, 1.165) is 19.4 Å². The van der Waals surface area contributed by atoms with Crippen molar-refractivity contribution in [2.45, 2.75) is 31.7 Å². The second-order valence-electron chi connectivity index (χ2n) is 4.62. The quantitative estimate of drug-likeness (QED) is 0.861. The molecule has 6 heteroatoms. The molecule has 0 radical (unpaired) electrons. The average Bonchev–Trinajstić information content (AvgIpc) is 2.89. The standard InChI is InChI=1S/C12H15N5O/c1-8-6-9(2-3-14-8)12-16-11(17-18-12)10-7-13-4-5-15-10/h4-5,7-9,14H,2-3,6H2,1H3/t8-,9-/m0/s1. The molecule has 6 nitrogen and oxygen atoms in total. The second-order valence-corrected chi connectivity index (χ2v) is 4.62. The maximum atomic E-state index is 5.35. The maximum Gasteiger partial charge on any atom is 0.230 e. The summed E-state index contributed by atoms with van der Waals surface area (Å²) in [6.45, 7) is 3.17. The molecule has 3 heterocycles. The molecular weight excluding hydrogens is 230 g/mol. The third-order valence-electron chi connectivity index (χ3n) is 3.21. The van der Waals surface area contributed by atoms with Crippen LogP contribution in [-0.4, -0.2) is 32.7 Å². The van der Waals surface area contributed by atoms with Gasteiger partial charge in [0.25, 0.3) is 0 Å². The highest BCUT2D eigenvalue weighted by Gasteiger charge is 2.25. The number of rotatable bonds is 2. The fourth-order valence-corrected chi connectivity index (χ4v) is 2.28. The fraction of sp³-hybridized carbons (Fsp3) is 0.500. The molecule has 1 saturated heterocycles. The number of hydrogen-bond donors (Lipinski definition) is 1. The Kier molecular flexibility index (Phi) is 3.02. The van der Waals surface area contributed by atoms with Crippen molar-refractivity contribution in [3.8, 4) is 11.5 Å². The van der Waals surface area contributed by atoms with Crippen molar-refractivity contribution < 1.29 is 4.52 Å². The summed E-state index contributed by atoms with van der Waals surface area (Å²) >= 11 is 0. The third kappa shape index (κ3) is 2.24. The average molecular weight is 245 g/mol. The lowest BCUT2D eigenvalue weighted by Crippen LogP contribution is -2.34. The minimum Gasteiger partial charge on any atom is -0.339 e. The smallest absolute Gasteiger partial charge is 0.230 e. The Morgan fingerprint density at radius 2 is 2.33 bits per heavy atom. The highest BCUT2D eigenvalue weighted by Crippen LogP contribution is 2.27. The van der Waals surface area contributed by atoms with Crippen LogP contribution in [0.4, 0.5) is 0 Å². The fourth-order valence-electron chi connectivity index (χ4n) is 2.28. The van der Waals surface area contributed by atoms with Crippen LogP contribution in [-0.2, 0) is 0 Å². The third-order valence-corrected chi connectivity index (χ3v) is 3.21. The van der Waals surface area contributed by atoms with E-state index in [-0.39, 0.29) is 0 Å². The van der Waals surface area contributed by atoms with Gasteiger partial charge in [0.05, 0.1) is 6.20 Å². The van der Waals surface area contributed by atoms with E-state index >= 15 is 0 Å². The molecule has 0 saturated carbocycles. The predicted octanol–water partition coefficient (Wildman–Crippen LogP) is 1.38. The first-order valence-electron chi connectivity index (χ1n) is 6.16. The van der Waals surface area contributed by atoms with Gasteiger partial charge >= 0.3 is 0 Å². The molecular formula is C12H15N5O. The number of nitrogens with zero attached hydrogens (tertiary/aromatic N) is 4. The van der Waals surface area contributed by atoms with Crippen LogP contribution in [0.3, 0.4) is 0 Å². The van der Waals surface area contributed by atoms with Gasteiger partial charge in [-0.1, -0.05) is 5.16 Å². The van der Waals surface area contributed by atoms with Gasteiger partial charge in [0.2, 0.25) is 11.7 Å². The van der Waals surface area contributed by atoms with Crippen LogP contribution in [0.15, 0.2) is 23.1 Å². The Bertz CT molecular complexity index is 512. The van der Waals surface area contributed by atoms with E-state index < -0.39 is 0 Å². The molecule has 2 aromatic rings. The molecule has 0 unspecified atom stereocenters. The summed E-state index contributed by atoms with van der Waals surface area (Å²) in [4.78, 5) is 12.6. The van der Waals surface area contributed by atoms with E-state index in [0.29, 0.717) is 29.4 Å². The van der Waals surface area contributed by atoms with Gasteiger partial charge in [-0.3, -0.25) is 4.98 Å². The molecule has 3 rings (SSSR count). The summed E-state index contributed by atoms with van der Waals surface area (Å²) in [5.41, 5.74) is 0.648. The Labute approximate surface area is 105 Å². The predicted molar refractivity (Wildman–Crippen MR) is 64.8 cm³/mol. The van der Waals surface area contributed by atoms with E-state index in [1.54, 1.807) is 18.6 Å². The summed E-state index contributed by atoms with van der Waals surface area (Å²) in [5, 5.41) is 7.39. The molecule has 94 valence electrons. The first kappa shape index (κ1) is 11.3. The van der Waals surface area contributed by atoms with Gasteiger partial charge in [-0.15, -0.1) is 0 Å². The van der Waals surface area contributed by atoms with Crippen molar-refractivity contribution in [2.24, 2.45) is 0 Å². The molecule has 1 aliphatic rings. The van der Waals surface area contributed by atoms with Gasteiger partial charge < -0.3 is 9.84 Å². The van der Waals surface area contributed by atoms with Gasteiger partial charge in [-0.05, 0) is 26.3 Å². The number of piperidine rings is 1. The van der Waals surface area contributed by atoms with Crippen molar-refractivity contribution in [3.05, 3.63) is 24.5 Å². The van der Waals surface area contributed by atoms with Crippen LogP contribution in [0.2, 0.25) is 0 Å². The Hall–Kier alpha value is -1.82. The molecule has 1 aliphatic heterocycles. The molecule has 2 aromatic heterocycles. The van der Waals surface area contributed by atoms with E-state index in [2.05, 4.69) is 32.3 Å². The number of aromatic nitrogens is 4. The number of nitrogens with one attached hydrogen (secondary N) is 1. The first-order chi connectivity index (χ1) is 8.83. The second kappa shape index (κ2) is 4.81. The zero-order chi connectivity index (χ0) is 12.4. The zero-order valence-electron chi connectivity index (χ0n) is 10.2. The molecule has 18 heavy (non-hydrogen) atoms. The van der Waals surface area contributed by atoms with Crippen molar-refractivity contribution >= 4 is 0 Å². The van der Waals surface area contributed by atoms with Gasteiger partial charge in [0.15, 0.2) is 0 Å².